The van der Waals surface area contributed by atoms with Crippen molar-refractivity contribution >= 4 is 16.1 Å². The summed E-state index contributed by atoms with van der Waals surface area (Å²) in [5.74, 6) is -1.73. The number of rotatable bonds is 4. The van der Waals surface area contributed by atoms with Gasteiger partial charge in [-0.05, 0) is 13.8 Å². The largest absolute Gasteiger partial charge is 0.534 e. The zero-order valence-corrected chi connectivity index (χ0v) is 10.7. The number of H-pyrrole nitrogens is 1. The number of nitrogens with one attached hydrogen (secondary N) is 1. The number of aryl methyl sites for hydroxylation is 1. The van der Waals surface area contributed by atoms with E-state index in [9.17, 15) is 26.4 Å². The highest BCUT2D eigenvalue weighted by Crippen LogP contribution is 2.30. The molecule has 1 rings (SSSR count). The van der Waals surface area contributed by atoms with E-state index in [0.717, 1.165) is 6.20 Å². The minimum atomic E-state index is -5.84. The van der Waals surface area contributed by atoms with Crippen LogP contribution >= 0.6 is 0 Å². The lowest BCUT2D eigenvalue weighted by atomic mass is 10.2. The summed E-state index contributed by atoms with van der Waals surface area (Å²) in [6.45, 7) is 2.83. The summed E-state index contributed by atoms with van der Waals surface area (Å²) in [4.78, 5) is 13.9. The Morgan fingerprint density at radius 3 is 2.47 bits per heavy atom. The van der Waals surface area contributed by atoms with Crippen LogP contribution in [0, 0.1) is 6.92 Å². The zero-order chi connectivity index (χ0) is 14.8. The van der Waals surface area contributed by atoms with Crippen LogP contribution in [-0.4, -0.2) is 31.5 Å². The highest BCUT2D eigenvalue weighted by molar-refractivity contribution is 7.88. The Morgan fingerprint density at radius 2 is 2.00 bits per heavy atom. The third kappa shape index (κ3) is 3.19. The molecule has 0 aliphatic heterocycles. The molecular formula is C9H10F3NO5S. The standard InChI is InChI=1S/C9H10F3NO5S/c1-3-17-8(14)7-5(2)13-4-6(7)18-19(15,16)9(10,11)12/h4,13H,3H2,1-2H3. The molecule has 0 saturated carbocycles. The van der Waals surface area contributed by atoms with Gasteiger partial charge in [-0.1, -0.05) is 0 Å². The second-order valence-electron chi connectivity index (χ2n) is 3.36. The van der Waals surface area contributed by atoms with Crippen molar-refractivity contribution in [2.45, 2.75) is 19.4 Å². The summed E-state index contributed by atoms with van der Waals surface area (Å²) in [5.41, 5.74) is -5.84. The van der Waals surface area contributed by atoms with Gasteiger partial charge in [-0.2, -0.15) is 21.6 Å². The lowest BCUT2D eigenvalue weighted by molar-refractivity contribution is -0.0500. The van der Waals surface area contributed by atoms with Gasteiger partial charge in [-0.15, -0.1) is 0 Å². The van der Waals surface area contributed by atoms with Gasteiger partial charge in [-0.25, -0.2) is 4.79 Å². The van der Waals surface area contributed by atoms with Crippen LogP contribution in [0.3, 0.4) is 0 Å². The average molecular weight is 301 g/mol. The third-order valence-corrected chi connectivity index (χ3v) is 2.97. The Labute approximate surface area is 106 Å². The van der Waals surface area contributed by atoms with Gasteiger partial charge >= 0.3 is 21.6 Å². The number of halogens is 3. The molecule has 0 saturated heterocycles. The minimum Gasteiger partial charge on any atom is -0.462 e. The minimum absolute atomic E-state index is 0.0189. The summed E-state index contributed by atoms with van der Waals surface area (Å²) < 4.78 is 66.7. The number of hydrogen-bond acceptors (Lipinski definition) is 5. The number of aromatic nitrogens is 1. The number of carbonyl (C=O) groups is 1. The van der Waals surface area contributed by atoms with Crippen molar-refractivity contribution in [3.8, 4) is 5.75 Å². The predicted octanol–water partition coefficient (Wildman–Crippen LogP) is 1.73. The van der Waals surface area contributed by atoms with Crippen molar-refractivity contribution in [1.82, 2.24) is 4.98 Å². The summed E-state index contributed by atoms with van der Waals surface area (Å²) in [7, 11) is -5.84. The highest BCUT2D eigenvalue weighted by Gasteiger charge is 2.49. The maximum absolute atomic E-state index is 12.2. The molecule has 1 aromatic heterocycles. The Kier molecular flexibility index (Phi) is 4.13. The summed E-state index contributed by atoms with van der Waals surface area (Å²) in [6, 6.07) is 0. The molecule has 0 bridgehead atoms. The van der Waals surface area contributed by atoms with Gasteiger partial charge in [0.1, 0.15) is 5.56 Å². The molecule has 0 fully saturated rings. The number of ether oxygens (including phenoxy) is 1. The molecule has 19 heavy (non-hydrogen) atoms. The molecule has 6 nitrogen and oxygen atoms in total. The van der Waals surface area contributed by atoms with Gasteiger partial charge in [0, 0.05) is 11.9 Å². The molecule has 1 aromatic rings. The van der Waals surface area contributed by atoms with Gasteiger partial charge in [-0.3, -0.25) is 0 Å². The topological polar surface area (TPSA) is 85.5 Å². The number of esters is 1. The fourth-order valence-electron chi connectivity index (χ4n) is 1.19. The summed E-state index contributed by atoms with van der Waals surface area (Å²) >= 11 is 0. The first-order valence-electron chi connectivity index (χ1n) is 4.96. The Balaban J connectivity index is 3.14. The molecule has 108 valence electrons. The first-order valence-corrected chi connectivity index (χ1v) is 6.36. The van der Waals surface area contributed by atoms with Crippen LogP contribution in [0.1, 0.15) is 23.0 Å². The van der Waals surface area contributed by atoms with Crippen LogP contribution < -0.4 is 4.18 Å². The quantitative estimate of drug-likeness (QED) is 0.520. The molecule has 0 unspecified atom stereocenters. The molecule has 0 aromatic carbocycles. The lowest BCUT2D eigenvalue weighted by Gasteiger charge is -2.09. The normalized spacial score (nSPS) is 12.3. The van der Waals surface area contributed by atoms with Crippen LogP contribution in [0.25, 0.3) is 0 Å². The maximum Gasteiger partial charge on any atom is 0.534 e. The van der Waals surface area contributed by atoms with Gasteiger partial charge in [0.2, 0.25) is 0 Å². The van der Waals surface area contributed by atoms with E-state index >= 15 is 0 Å². The zero-order valence-electron chi connectivity index (χ0n) is 9.87. The smallest absolute Gasteiger partial charge is 0.462 e. The van der Waals surface area contributed by atoms with Crippen molar-refractivity contribution < 1.29 is 35.3 Å². The number of hydrogen-bond donors (Lipinski definition) is 1. The number of carbonyl (C=O) groups excluding carboxylic acids is 1. The van der Waals surface area contributed by atoms with Crippen LogP contribution in [0.2, 0.25) is 0 Å². The van der Waals surface area contributed by atoms with Crippen LogP contribution in [0.15, 0.2) is 6.20 Å². The fraction of sp³-hybridized carbons (Fsp3) is 0.444. The summed E-state index contributed by atoms with van der Waals surface area (Å²) in [6.07, 6.45) is 0.838. The predicted molar refractivity (Wildman–Crippen MR) is 57.1 cm³/mol. The Hall–Kier alpha value is -1.71. The van der Waals surface area contributed by atoms with E-state index in [2.05, 4.69) is 13.9 Å². The van der Waals surface area contributed by atoms with Crippen molar-refractivity contribution in [3.05, 3.63) is 17.5 Å². The monoisotopic (exact) mass is 301 g/mol. The van der Waals surface area contributed by atoms with E-state index in [1.807, 2.05) is 0 Å². The fourth-order valence-corrected chi connectivity index (χ4v) is 1.65. The van der Waals surface area contributed by atoms with Crippen molar-refractivity contribution in [1.29, 1.82) is 0 Å². The molecule has 0 amide bonds. The van der Waals surface area contributed by atoms with E-state index in [0.29, 0.717) is 0 Å². The first-order chi connectivity index (χ1) is 8.60. The lowest BCUT2D eigenvalue weighted by Crippen LogP contribution is -2.28. The molecule has 0 radical (unpaired) electrons. The van der Waals surface area contributed by atoms with E-state index in [1.54, 1.807) is 0 Å². The van der Waals surface area contributed by atoms with Crippen LogP contribution in [0.4, 0.5) is 13.2 Å². The molecule has 1 N–H and O–H groups in total. The molecular weight excluding hydrogens is 291 g/mol. The molecule has 0 aliphatic rings. The molecule has 0 atom stereocenters. The molecule has 0 spiro atoms. The van der Waals surface area contributed by atoms with Crippen LogP contribution in [0.5, 0.6) is 5.75 Å². The third-order valence-electron chi connectivity index (χ3n) is 2.00. The van der Waals surface area contributed by atoms with E-state index in [4.69, 9.17) is 0 Å². The second-order valence-corrected chi connectivity index (χ2v) is 4.89. The maximum atomic E-state index is 12.2. The number of alkyl halides is 3. The molecule has 0 aliphatic carbocycles. The second kappa shape index (κ2) is 5.11. The van der Waals surface area contributed by atoms with E-state index < -0.39 is 32.9 Å². The van der Waals surface area contributed by atoms with E-state index in [-0.39, 0.29) is 12.3 Å². The van der Waals surface area contributed by atoms with Gasteiger partial charge in [0.15, 0.2) is 5.75 Å². The Bertz CT molecular complexity index is 575. The average Bonchev–Trinajstić information content (AvgIpc) is 2.57. The summed E-state index contributed by atoms with van der Waals surface area (Å²) in [5, 5.41) is 0. The highest BCUT2D eigenvalue weighted by atomic mass is 32.2. The van der Waals surface area contributed by atoms with E-state index in [1.165, 1.54) is 13.8 Å². The van der Waals surface area contributed by atoms with Crippen molar-refractivity contribution in [3.63, 3.8) is 0 Å². The van der Waals surface area contributed by atoms with Crippen molar-refractivity contribution in [2.24, 2.45) is 0 Å². The van der Waals surface area contributed by atoms with Gasteiger partial charge < -0.3 is 13.9 Å². The molecule has 10 heteroatoms. The SMILES string of the molecule is CCOC(=O)c1c(OS(=O)(=O)C(F)(F)F)c[nH]c1C. The molecule has 1 heterocycles. The van der Waals surface area contributed by atoms with Crippen LogP contribution in [-0.2, 0) is 14.9 Å². The number of aromatic amines is 1. The Morgan fingerprint density at radius 1 is 1.42 bits per heavy atom. The van der Waals surface area contributed by atoms with Gasteiger partial charge in [0.05, 0.1) is 6.61 Å². The van der Waals surface area contributed by atoms with Crippen molar-refractivity contribution in [2.75, 3.05) is 6.61 Å². The first kappa shape index (κ1) is 15.3. The van der Waals surface area contributed by atoms with Gasteiger partial charge in [0.25, 0.3) is 0 Å².